The average molecular weight is 381 g/mol. The van der Waals surface area contributed by atoms with E-state index in [9.17, 15) is 5.11 Å². The van der Waals surface area contributed by atoms with Crippen molar-refractivity contribution in [2.75, 3.05) is 26.2 Å². The number of nitrogens with zero attached hydrogens (tertiary/aromatic N) is 2. The molecule has 2 rings (SSSR count). The van der Waals surface area contributed by atoms with Gasteiger partial charge < -0.3 is 15.3 Å². The van der Waals surface area contributed by atoms with Gasteiger partial charge in [0.15, 0.2) is 5.96 Å². The Labute approximate surface area is 134 Å². The standard InChI is InChI=1S/C14H27N3O.HI/c1-4-15-12(16-10-14(18)6-5-7-14)17-9-8-13(2,3)11-17;/h18H,4-11H2,1-3H3,(H,15,16);1H. The third-order valence-corrected chi connectivity index (χ3v) is 4.12. The molecule has 0 bridgehead atoms. The van der Waals surface area contributed by atoms with Gasteiger partial charge >= 0.3 is 0 Å². The summed E-state index contributed by atoms with van der Waals surface area (Å²) >= 11 is 0. The van der Waals surface area contributed by atoms with E-state index in [1.807, 2.05) is 0 Å². The molecular weight excluding hydrogens is 353 g/mol. The van der Waals surface area contributed by atoms with Gasteiger partial charge in [-0.25, -0.2) is 0 Å². The fourth-order valence-corrected chi connectivity index (χ4v) is 2.68. The first-order chi connectivity index (χ1) is 8.44. The molecule has 2 aliphatic rings. The van der Waals surface area contributed by atoms with Gasteiger partial charge in [-0.1, -0.05) is 13.8 Å². The number of hydrogen-bond donors (Lipinski definition) is 2. The molecule has 19 heavy (non-hydrogen) atoms. The number of halogens is 1. The molecule has 2 fully saturated rings. The third kappa shape index (κ3) is 4.48. The summed E-state index contributed by atoms with van der Waals surface area (Å²) < 4.78 is 0. The van der Waals surface area contributed by atoms with Crippen LogP contribution in [0.4, 0.5) is 0 Å². The molecule has 4 nitrogen and oxygen atoms in total. The van der Waals surface area contributed by atoms with Gasteiger partial charge in [-0.3, -0.25) is 4.99 Å². The Morgan fingerprint density at radius 3 is 2.42 bits per heavy atom. The molecule has 0 aromatic heterocycles. The lowest BCUT2D eigenvalue weighted by molar-refractivity contribution is -0.0237. The zero-order chi connectivity index (χ0) is 13.2. The molecule has 1 saturated heterocycles. The number of nitrogens with one attached hydrogen (secondary N) is 1. The second-order valence-electron chi connectivity index (χ2n) is 6.58. The molecular formula is C14H28IN3O. The Hall–Kier alpha value is -0.0400. The van der Waals surface area contributed by atoms with Gasteiger partial charge in [0.05, 0.1) is 12.1 Å². The Balaban J connectivity index is 0.00000180. The fourth-order valence-electron chi connectivity index (χ4n) is 2.68. The number of likely N-dealkylation sites (tertiary alicyclic amines) is 1. The number of guanidine groups is 1. The highest BCUT2D eigenvalue weighted by Crippen LogP contribution is 2.32. The molecule has 0 radical (unpaired) electrons. The summed E-state index contributed by atoms with van der Waals surface area (Å²) in [6.07, 6.45) is 4.16. The minimum atomic E-state index is -0.518. The smallest absolute Gasteiger partial charge is 0.194 e. The highest BCUT2D eigenvalue weighted by Gasteiger charge is 2.35. The van der Waals surface area contributed by atoms with Crippen LogP contribution in [0.25, 0.3) is 0 Å². The summed E-state index contributed by atoms with van der Waals surface area (Å²) in [4.78, 5) is 6.96. The van der Waals surface area contributed by atoms with E-state index in [-0.39, 0.29) is 24.0 Å². The van der Waals surface area contributed by atoms with Crippen molar-refractivity contribution >= 4 is 29.9 Å². The van der Waals surface area contributed by atoms with Crippen LogP contribution in [-0.2, 0) is 0 Å². The molecule has 0 aromatic rings. The van der Waals surface area contributed by atoms with Gasteiger partial charge in [0.25, 0.3) is 0 Å². The second kappa shape index (κ2) is 6.61. The van der Waals surface area contributed by atoms with Crippen molar-refractivity contribution in [3.63, 3.8) is 0 Å². The molecule has 0 unspecified atom stereocenters. The van der Waals surface area contributed by atoms with Crippen molar-refractivity contribution in [2.24, 2.45) is 10.4 Å². The molecule has 2 N–H and O–H groups in total. The van der Waals surface area contributed by atoms with Gasteiger partial charge in [-0.05, 0) is 38.0 Å². The van der Waals surface area contributed by atoms with Crippen LogP contribution < -0.4 is 5.32 Å². The van der Waals surface area contributed by atoms with Gasteiger partial charge in [-0.15, -0.1) is 24.0 Å². The van der Waals surface area contributed by atoms with E-state index in [2.05, 4.69) is 36.0 Å². The predicted octanol–water partition coefficient (Wildman–Crippen LogP) is 2.22. The number of rotatable bonds is 3. The number of hydrogen-bond acceptors (Lipinski definition) is 2. The summed E-state index contributed by atoms with van der Waals surface area (Å²) in [5.74, 6) is 0.975. The highest BCUT2D eigenvalue weighted by molar-refractivity contribution is 14.0. The average Bonchev–Trinajstić information content (AvgIpc) is 2.62. The molecule has 0 amide bonds. The van der Waals surface area contributed by atoms with Gasteiger partial charge in [-0.2, -0.15) is 0 Å². The lowest BCUT2D eigenvalue weighted by Gasteiger charge is -2.35. The SMILES string of the molecule is CCNC(=NCC1(O)CCC1)N1CCC(C)(C)C1.I. The third-order valence-electron chi connectivity index (χ3n) is 4.12. The van der Waals surface area contributed by atoms with E-state index in [1.165, 1.54) is 6.42 Å². The van der Waals surface area contributed by atoms with Crippen LogP contribution in [0.1, 0.15) is 46.5 Å². The van der Waals surface area contributed by atoms with Gasteiger partial charge in [0.2, 0.25) is 0 Å². The number of aliphatic hydroxyl groups is 1. The van der Waals surface area contributed by atoms with Crippen molar-refractivity contribution in [3.8, 4) is 0 Å². The minimum Gasteiger partial charge on any atom is -0.388 e. The summed E-state index contributed by atoms with van der Waals surface area (Å²) in [6.45, 7) is 10.2. The van der Waals surface area contributed by atoms with Crippen LogP contribution in [0.15, 0.2) is 4.99 Å². The van der Waals surface area contributed by atoms with Crippen LogP contribution in [0.3, 0.4) is 0 Å². The van der Waals surface area contributed by atoms with Crippen LogP contribution in [0.2, 0.25) is 0 Å². The topological polar surface area (TPSA) is 47.9 Å². The first kappa shape index (κ1) is 17.0. The maximum Gasteiger partial charge on any atom is 0.194 e. The summed E-state index contributed by atoms with van der Waals surface area (Å²) in [5.41, 5.74) is -0.139. The number of aliphatic imine (C=N–C) groups is 1. The lowest BCUT2D eigenvalue weighted by Crippen LogP contribution is -2.44. The molecule has 1 heterocycles. The first-order valence-electron chi connectivity index (χ1n) is 7.20. The van der Waals surface area contributed by atoms with E-state index < -0.39 is 5.60 Å². The Morgan fingerprint density at radius 2 is 2.00 bits per heavy atom. The van der Waals surface area contributed by atoms with E-state index in [4.69, 9.17) is 0 Å². The second-order valence-corrected chi connectivity index (χ2v) is 6.58. The normalized spacial score (nSPS) is 24.6. The van der Waals surface area contributed by atoms with Crippen LogP contribution >= 0.6 is 24.0 Å². The molecule has 112 valence electrons. The summed E-state index contributed by atoms with van der Waals surface area (Å²) in [6, 6.07) is 0. The van der Waals surface area contributed by atoms with E-state index >= 15 is 0 Å². The molecule has 0 spiro atoms. The van der Waals surface area contributed by atoms with E-state index in [1.54, 1.807) is 0 Å². The van der Waals surface area contributed by atoms with Crippen molar-refractivity contribution in [3.05, 3.63) is 0 Å². The summed E-state index contributed by atoms with van der Waals surface area (Å²) in [5, 5.41) is 13.5. The molecule has 0 atom stereocenters. The Bertz CT molecular complexity index is 327. The van der Waals surface area contributed by atoms with E-state index in [0.717, 1.165) is 44.9 Å². The molecule has 1 aliphatic carbocycles. The van der Waals surface area contributed by atoms with Gasteiger partial charge in [0.1, 0.15) is 0 Å². The lowest BCUT2D eigenvalue weighted by atomic mass is 9.80. The monoisotopic (exact) mass is 381 g/mol. The Morgan fingerprint density at radius 1 is 1.32 bits per heavy atom. The molecule has 5 heteroatoms. The molecule has 0 aromatic carbocycles. The quantitative estimate of drug-likeness (QED) is 0.448. The van der Waals surface area contributed by atoms with Crippen molar-refractivity contribution < 1.29 is 5.11 Å². The largest absolute Gasteiger partial charge is 0.388 e. The minimum absolute atomic E-state index is 0. The van der Waals surface area contributed by atoms with Crippen LogP contribution in [-0.4, -0.2) is 47.7 Å². The predicted molar refractivity (Wildman–Crippen MR) is 90.2 cm³/mol. The van der Waals surface area contributed by atoms with Crippen LogP contribution in [0.5, 0.6) is 0 Å². The van der Waals surface area contributed by atoms with Crippen LogP contribution in [0, 0.1) is 5.41 Å². The zero-order valence-corrected chi connectivity index (χ0v) is 14.7. The maximum absolute atomic E-state index is 10.1. The van der Waals surface area contributed by atoms with E-state index in [0.29, 0.717) is 12.0 Å². The Kier molecular flexibility index (Phi) is 5.92. The van der Waals surface area contributed by atoms with Crippen molar-refractivity contribution in [1.29, 1.82) is 0 Å². The molecule has 1 aliphatic heterocycles. The molecule has 1 saturated carbocycles. The summed E-state index contributed by atoms with van der Waals surface area (Å²) in [7, 11) is 0. The van der Waals surface area contributed by atoms with Crippen molar-refractivity contribution in [2.45, 2.75) is 52.1 Å². The first-order valence-corrected chi connectivity index (χ1v) is 7.20. The fraction of sp³-hybridized carbons (Fsp3) is 0.929. The highest BCUT2D eigenvalue weighted by atomic mass is 127. The zero-order valence-electron chi connectivity index (χ0n) is 12.4. The maximum atomic E-state index is 10.1. The van der Waals surface area contributed by atoms with Gasteiger partial charge in [0, 0.05) is 19.6 Å². The van der Waals surface area contributed by atoms with Crippen molar-refractivity contribution in [1.82, 2.24) is 10.2 Å².